The van der Waals surface area contributed by atoms with Crippen LogP contribution in [0.15, 0.2) is 30.3 Å². The van der Waals surface area contributed by atoms with Crippen LogP contribution in [-0.2, 0) is 4.74 Å². The summed E-state index contributed by atoms with van der Waals surface area (Å²) in [6.45, 7) is 2.75. The van der Waals surface area contributed by atoms with Crippen molar-refractivity contribution in [2.24, 2.45) is 0 Å². The standard InChI is InChI=1S/C15H22O2.2CH3.Sn/c1-2-3-4-5-6-10-13-17-15(16)14-11-8-7-9-12-14;;;/h7-9,11-12H,2-6,10,13H2,1H3;2*1H3;. The van der Waals surface area contributed by atoms with E-state index in [4.69, 9.17) is 4.74 Å². The van der Waals surface area contributed by atoms with Gasteiger partial charge in [0.1, 0.15) is 0 Å². The molecule has 0 aliphatic heterocycles. The number of esters is 1. The first-order valence-electron chi connectivity index (χ1n) is 7.56. The molecule has 0 aliphatic rings. The molecular weight excluding hydrogens is 355 g/mol. The number of carbonyl (C=O) groups excluding carboxylic acids is 1. The van der Waals surface area contributed by atoms with Gasteiger partial charge in [0, 0.05) is 0 Å². The van der Waals surface area contributed by atoms with E-state index in [1.165, 1.54) is 25.7 Å². The van der Waals surface area contributed by atoms with E-state index in [1.807, 2.05) is 18.2 Å². The van der Waals surface area contributed by atoms with Gasteiger partial charge in [0.05, 0.1) is 12.2 Å². The Morgan fingerprint density at radius 3 is 2.15 bits per heavy atom. The molecule has 1 rings (SSSR count). The van der Waals surface area contributed by atoms with Gasteiger partial charge in [-0.05, 0) is 18.6 Å². The molecule has 1 aromatic carbocycles. The van der Waals surface area contributed by atoms with Crippen molar-refractivity contribution in [2.75, 3.05) is 6.61 Å². The molecule has 20 heavy (non-hydrogen) atoms. The van der Waals surface area contributed by atoms with Crippen molar-refractivity contribution in [1.82, 2.24) is 0 Å². The van der Waals surface area contributed by atoms with Crippen molar-refractivity contribution in [3.63, 3.8) is 0 Å². The van der Waals surface area contributed by atoms with Gasteiger partial charge in [0.15, 0.2) is 0 Å². The summed E-state index contributed by atoms with van der Waals surface area (Å²) in [4.78, 5) is 16.1. The van der Waals surface area contributed by atoms with Crippen molar-refractivity contribution >= 4 is 27.1 Å². The van der Waals surface area contributed by atoms with Crippen molar-refractivity contribution in [2.45, 2.75) is 55.3 Å². The number of benzene rings is 1. The van der Waals surface area contributed by atoms with Crippen LogP contribution < -0.4 is 0 Å². The van der Waals surface area contributed by atoms with Crippen LogP contribution >= 0.6 is 0 Å². The van der Waals surface area contributed by atoms with E-state index < -0.39 is 0 Å². The van der Waals surface area contributed by atoms with E-state index in [0.29, 0.717) is 12.2 Å². The first kappa shape index (κ1) is 19.5. The summed E-state index contributed by atoms with van der Waals surface area (Å²) in [5.41, 5.74) is 0.637. The van der Waals surface area contributed by atoms with E-state index in [1.54, 1.807) is 12.1 Å². The van der Waals surface area contributed by atoms with Gasteiger partial charge in [-0.2, -0.15) is 0 Å². The molecule has 0 aliphatic carbocycles. The van der Waals surface area contributed by atoms with Crippen LogP contribution in [0.4, 0.5) is 0 Å². The fourth-order valence-electron chi connectivity index (χ4n) is 1.70. The fraction of sp³-hybridized carbons (Fsp3) is 0.588. The van der Waals surface area contributed by atoms with Crippen LogP contribution in [0, 0.1) is 0 Å². The predicted molar refractivity (Wildman–Crippen MR) is 87.6 cm³/mol. The first-order valence-corrected chi connectivity index (χ1v) is 13.3. The summed E-state index contributed by atoms with van der Waals surface area (Å²) in [7, 11) is 0. The molecule has 0 unspecified atom stereocenters. The van der Waals surface area contributed by atoms with Crippen LogP contribution in [0.5, 0.6) is 0 Å². The summed E-state index contributed by atoms with van der Waals surface area (Å²) in [6, 6.07) is 9.15. The van der Waals surface area contributed by atoms with Gasteiger partial charge in [0.2, 0.25) is 0 Å². The minimum absolute atomic E-state index is 0.209. The average Bonchev–Trinajstić information content (AvgIpc) is 2.48. The summed E-state index contributed by atoms with van der Waals surface area (Å²) in [6.07, 6.45) is 7.25. The van der Waals surface area contributed by atoms with Crippen LogP contribution in [0.2, 0.25) is 9.88 Å². The summed E-state index contributed by atoms with van der Waals surface area (Å²) < 4.78 is 5.20. The molecule has 1 aromatic rings. The number of unbranched alkanes of at least 4 members (excludes halogenated alkanes) is 5. The molecule has 2 radical (unpaired) electrons. The maximum atomic E-state index is 11.6. The number of hydrogen-bond acceptors (Lipinski definition) is 2. The third-order valence-electron chi connectivity index (χ3n) is 2.74. The summed E-state index contributed by atoms with van der Waals surface area (Å²) in [5.74, 6) is -0.209. The van der Waals surface area contributed by atoms with Crippen molar-refractivity contribution in [3.8, 4) is 0 Å². The summed E-state index contributed by atoms with van der Waals surface area (Å²) >= 11 is 0.230. The van der Waals surface area contributed by atoms with Gasteiger partial charge < -0.3 is 4.74 Å². The Morgan fingerprint density at radius 1 is 1.00 bits per heavy atom. The van der Waals surface area contributed by atoms with Gasteiger partial charge >= 0.3 is 37.0 Å². The van der Waals surface area contributed by atoms with Crippen molar-refractivity contribution in [3.05, 3.63) is 35.9 Å². The molecule has 0 saturated heterocycles. The molecule has 0 fully saturated rings. The topological polar surface area (TPSA) is 26.3 Å². The third-order valence-corrected chi connectivity index (χ3v) is 2.74. The van der Waals surface area contributed by atoms with Gasteiger partial charge in [-0.3, -0.25) is 0 Å². The van der Waals surface area contributed by atoms with E-state index in [-0.39, 0.29) is 27.1 Å². The van der Waals surface area contributed by atoms with Gasteiger partial charge in [-0.25, -0.2) is 4.79 Å². The first-order chi connectivity index (χ1) is 9.76. The number of rotatable bonds is 8. The molecule has 3 heteroatoms. The molecule has 0 aromatic heterocycles. The Balaban J connectivity index is 0.00000110. The number of hydrogen-bond donors (Lipinski definition) is 0. The van der Waals surface area contributed by atoms with Crippen LogP contribution in [-0.4, -0.2) is 33.7 Å². The fourth-order valence-corrected chi connectivity index (χ4v) is 1.70. The van der Waals surface area contributed by atoms with Crippen molar-refractivity contribution in [1.29, 1.82) is 0 Å². The van der Waals surface area contributed by atoms with E-state index in [2.05, 4.69) is 16.8 Å². The minimum atomic E-state index is -0.209. The zero-order valence-electron chi connectivity index (χ0n) is 13.2. The quantitative estimate of drug-likeness (QED) is 0.359. The van der Waals surface area contributed by atoms with Gasteiger partial charge in [0.25, 0.3) is 0 Å². The van der Waals surface area contributed by atoms with E-state index in [9.17, 15) is 4.79 Å². The zero-order chi connectivity index (χ0) is 15.1. The van der Waals surface area contributed by atoms with Crippen molar-refractivity contribution < 1.29 is 9.53 Å². The summed E-state index contributed by atoms with van der Waals surface area (Å²) in [5, 5.41) is 0. The Morgan fingerprint density at radius 2 is 1.55 bits per heavy atom. The zero-order valence-corrected chi connectivity index (χ0v) is 16.0. The molecule has 0 heterocycles. The Bertz CT molecular complexity index is 325. The molecule has 0 N–H and O–H groups in total. The van der Waals surface area contributed by atoms with Gasteiger partial charge in [-0.1, -0.05) is 57.2 Å². The maximum absolute atomic E-state index is 11.6. The normalized spacial score (nSPS) is 9.55. The second-order valence-corrected chi connectivity index (χ2v) is 7.62. The molecule has 0 atom stereocenters. The SMILES string of the molecule is CCCCCCCCOC(=O)c1ccccc1.[CH3][Sn][CH3]. The molecule has 0 bridgehead atoms. The molecule has 0 spiro atoms. The second-order valence-electron chi connectivity index (χ2n) is 4.77. The number of ether oxygens (including phenoxy) is 1. The Labute approximate surface area is 134 Å². The Kier molecular flexibility index (Phi) is 14.5. The molecule has 0 saturated carbocycles. The molecule has 112 valence electrons. The van der Waals surface area contributed by atoms with E-state index >= 15 is 0 Å². The molecular formula is C17H28O2Sn. The second kappa shape index (κ2) is 14.9. The van der Waals surface area contributed by atoms with Crippen LogP contribution in [0.25, 0.3) is 0 Å². The third kappa shape index (κ3) is 11.3. The Hall–Kier alpha value is -0.511. The average molecular weight is 383 g/mol. The molecule has 0 amide bonds. The van der Waals surface area contributed by atoms with Gasteiger partial charge in [-0.15, -0.1) is 0 Å². The monoisotopic (exact) mass is 384 g/mol. The van der Waals surface area contributed by atoms with E-state index in [0.717, 1.165) is 12.8 Å². The molecule has 2 nitrogen and oxygen atoms in total. The van der Waals surface area contributed by atoms with Crippen LogP contribution in [0.1, 0.15) is 55.8 Å². The van der Waals surface area contributed by atoms with Crippen LogP contribution in [0.3, 0.4) is 0 Å². The number of carbonyl (C=O) groups is 1. The predicted octanol–water partition coefficient (Wildman–Crippen LogP) is 4.99.